The number of H-pyrrole nitrogens is 1. The first-order valence-electron chi connectivity index (χ1n) is 8.42. The Kier molecular flexibility index (Phi) is 6.17. The van der Waals surface area contributed by atoms with Gasteiger partial charge in [0.2, 0.25) is 0 Å². The summed E-state index contributed by atoms with van der Waals surface area (Å²) in [6.07, 6.45) is 3.58. The van der Waals surface area contributed by atoms with E-state index in [1.165, 1.54) is 23.7 Å². The summed E-state index contributed by atoms with van der Waals surface area (Å²) in [5, 5.41) is 17.3. The van der Waals surface area contributed by atoms with Gasteiger partial charge in [0.25, 0.3) is 0 Å². The molecule has 3 heterocycles. The molecule has 8 nitrogen and oxygen atoms in total. The Morgan fingerprint density at radius 3 is 2.62 bits per heavy atom. The molecule has 29 heavy (non-hydrogen) atoms. The third-order valence-corrected chi connectivity index (χ3v) is 6.12. The highest BCUT2D eigenvalue weighted by molar-refractivity contribution is 8.00. The minimum atomic E-state index is -4.34. The Balaban J connectivity index is 1.87. The van der Waals surface area contributed by atoms with Crippen molar-refractivity contribution in [3.05, 3.63) is 40.0 Å². The lowest BCUT2D eigenvalue weighted by Gasteiger charge is -2.15. The van der Waals surface area contributed by atoms with Crippen molar-refractivity contribution >= 4 is 29.0 Å². The number of aromatic amines is 1. The van der Waals surface area contributed by atoms with E-state index in [0.29, 0.717) is 45.4 Å². The lowest BCUT2D eigenvalue weighted by molar-refractivity contribution is -0.394. The molecule has 0 bridgehead atoms. The molecule has 3 aromatic heterocycles. The number of halogens is 3. The van der Waals surface area contributed by atoms with Crippen LogP contribution in [0, 0.1) is 17.0 Å². The van der Waals surface area contributed by atoms with Gasteiger partial charge in [-0.3, -0.25) is 5.10 Å². The number of thiazole rings is 1. The molecule has 0 radical (unpaired) electrons. The maximum Gasteiger partial charge on any atom is 0.468 e. The van der Waals surface area contributed by atoms with Crippen LogP contribution in [-0.4, -0.2) is 35.6 Å². The van der Waals surface area contributed by atoms with E-state index in [9.17, 15) is 23.3 Å². The molecule has 1 atom stereocenters. The summed E-state index contributed by atoms with van der Waals surface area (Å²) in [6.45, 7) is 3.58. The Labute approximate surface area is 171 Å². The summed E-state index contributed by atoms with van der Waals surface area (Å²) < 4.78 is 38.5. The monoisotopic (exact) mass is 444 g/mol. The van der Waals surface area contributed by atoms with Crippen LogP contribution >= 0.6 is 23.1 Å². The van der Waals surface area contributed by atoms with Gasteiger partial charge in [0.15, 0.2) is 0 Å². The van der Waals surface area contributed by atoms with Crippen LogP contribution in [0.4, 0.5) is 19.1 Å². The molecule has 0 spiro atoms. The van der Waals surface area contributed by atoms with Gasteiger partial charge >= 0.3 is 11.5 Å². The first-order chi connectivity index (χ1) is 13.7. The van der Waals surface area contributed by atoms with Crippen LogP contribution in [0.25, 0.3) is 21.1 Å². The van der Waals surface area contributed by atoms with E-state index < -0.39 is 21.6 Å². The van der Waals surface area contributed by atoms with Gasteiger partial charge in [-0.15, -0.1) is 11.3 Å². The van der Waals surface area contributed by atoms with Gasteiger partial charge in [0.1, 0.15) is 23.1 Å². The highest BCUT2D eigenvalue weighted by Crippen LogP contribution is 2.45. The molecule has 1 unspecified atom stereocenters. The van der Waals surface area contributed by atoms with Crippen LogP contribution in [0.1, 0.15) is 36.4 Å². The van der Waals surface area contributed by atoms with E-state index in [0.717, 1.165) is 0 Å². The zero-order valence-electron chi connectivity index (χ0n) is 15.2. The molecule has 3 rings (SSSR count). The van der Waals surface area contributed by atoms with E-state index in [1.54, 1.807) is 13.0 Å². The Morgan fingerprint density at radius 1 is 1.34 bits per heavy atom. The van der Waals surface area contributed by atoms with Gasteiger partial charge in [-0.1, -0.05) is 23.3 Å². The first-order valence-corrected chi connectivity index (χ1v) is 10.1. The summed E-state index contributed by atoms with van der Waals surface area (Å²) in [5.74, 6) is -0.511. The number of hydrogen-bond donors (Lipinski definition) is 1. The fourth-order valence-corrected chi connectivity index (χ4v) is 4.53. The van der Waals surface area contributed by atoms with Crippen LogP contribution in [0.15, 0.2) is 18.5 Å². The fourth-order valence-electron chi connectivity index (χ4n) is 2.60. The second-order valence-electron chi connectivity index (χ2n) is 6.01. The van der Waals surface area contributed by atoms with Gasteiger partial charge in [-0.2, -0.15) is 18.3 Å². The third kappa shape index (κ3) is 5.09. The molecule has 0 aliphatic carbocycles. The molecule has 1 N–H and O–H groups in total. The molecule has 13 heteroatoms. The third-order valence-electron chi connectivity index (χ3n) is 3.85. The number of aryl methyl sites for hydroxylation is 1. The minimum Gasteiger partial charge on any atom is -0.390 e. The second-order valence-corrected chi connectivity index (χ2v) is 8.28. The van der Waals surface area contributed by atoms with E-state index in [4.69, 9.17) is 0 Å². The molecule has 0 saturated carbocycles. The molecular weight excluding hydrogens is 429 g/mol. The summed E-state index contributed by atoms with van der Waals surface area (Å²) in [7, 11) is 0. The number of rotatable bonds is 7. The van der Waals surface area contributed by atoms with Gasteiger partial charge in [0, 0.05) is 5.69 Å². The van der Waals surface area contributed by atoms with Crippen LogP contribution in [0.3, 0.4) is 0 Å². The number of hydrogen-bond acceptors (Lipinski definition) is 8. The topological polar surface area (TPSA) is 110 Å². The average Bonchev–Trinajstić information content (AvgIpc) is 3.27. The van der Waals surface area contributed by atoms with Gasteiger partial charge < -0.3 is 10.1 Å². The SMILES string of the molecule is CCCC(SC(F)(F)F)c1cc(-c2sc(-c3cnc([N+](=O)[O-])nc3)nc2C)n[nH]1. The average molecular weight is 444 g/mol. The number of thioether (sulfide) groups is 1. The smallest absolute Gasteiger partial charge is 0.390 e. The van der Waals surface area contributed by atoms with Crippen LogP contribution < -0.4 is 0 Å². The molecule has 0 fully saturated rings. The van der Waals surface area contributed by atoms with E-state index in [2.05, 4.69) is 25.1 Å². The summed E-state index contributed by atoms with van der Waals surface area (Å²) >= 11 is 1.20. The summed E-state index contributed by atoms with van der Waals surface area (Å²) in [4.78, 5) is 22.4. The molecule has 0 aliphatic heterocycles. The Bertz CT molecular complexity index is 1000. The van der Waals surface area contributed by atoms with Crippen LogP contribution in [0.2, 0.25) is 0 Å². The van der Waals surface area contributed by atoms with Crippen molar-refractivity contribution in [2.24, 2.45) is 0 Å². The summed E-state index contributed by atoms with van der Waals surface area (Å²) in [5.41, 5.74) is -2.31. The zero-order chi connectivity index (χ0) is 21.2. The van der Waals surface area contributed by atoms with E-state index >= 15 is 0 Å². The number of alkyl halides is 3. The van der Waals surface area contributed by atoms with Crippen molar-refractivity contribution in [3.63, 3.8) is 0 Å². The van der Waals surface area contributed by atoms with Crippen LogP contribution in [0.5, 0.6) is 0 Å². The Morgan fingerprint density at radius 2 is 2.03 bits per heavy atom. The van der Waals surface area contributed by atoms with Crippen molar-refractivity contribution in [1.29, 1.82) is 0 Å². The molecule has 0 amide bonds. The van der Waals surface area contributed by atoms with Crippen LogP contribution in [-0.2, 0) is 0 Å². The summed E-state index contributed by atoms with van der Waals surface area (Å²) in [6, 6.07) is 1.61. The van der Waals surface area contributed by atoms with Crippen molar-refractivity contribution in [3.8, 4) is 21.1 Å². The zero-order valence-corrected chi connectivity index (χ0v) is 16.9. The molecule has 0 aliphatic rings. The highest BCUT2D eigenvalue weighted by atomic mass is 32.2. The minimum absolute atomic E-state index is 0.0571. The number of aromatic nitrogens is 5. The van der Waals surface area contributed by atoms with Crippen molar-refractivity contribution in [1.82, 2.24) is 25.1 Å². The van der Waals surface area contributed by atoms with Crippen molar-refractivity contribution < 1.29 is 18.1 Å². The number of nitro groups is 1. The lowest BCUT2D eigenvalue weighted by atomic mass is 10.2. The molecule has 0 saturated heterocycles. The van der Waals surface area contributed by atoms with Crippen molar-refractivity contribution in [2.45, 2.75) is 37.4 Å². The molecular formula is C16H15F3N6O2S2. The number of nitrogens with zero attached hydrogens (tertiary/aromatic N) is 5. The first kappa shape index (κ1) is 21.2. The maximum atomic E-state index is 12.8. The molecule has 154 valence electrons. The lowest BCUT2D eigenvalue weighted by Crippen LogP contribution is -2.06. The quantitative estimate of drug-likeness (QED) is 0.389. The molecule has 0 aromatic carbocycles. The highest BCUT2D eigenvalue weighted by Gasteiger charge is 2.34. The number of nitrogens with one attached hydrogen (secondary N) is 1. The predicted molar refractivity (Wildman–Crippen MR) is 103 cm³/mol. The maximum absolute atomic E-state index is 12.8. The van der Waals surface area contributed by atoms with Gasteiger partial charge in [-0.25, -0.2) is 4.98 Å². The largest absolute Gasteiger partial charge is 0.468 e. The fraction of sp³-hybridized carbons (Fsp3) is 0.375. The standard InChI is InChI=1S/C16H15F3N6O2S2/c1-3-4-12(29-16(17,18)19)10-5-11(24-23-10)13-8(2)22-14(28-13)9-6-20-15(21-7-9)25(26)27/h5-7,12H,3-4H2,1-2H3,(H,23,24). The Hall–Kier alpha value is -2.54. The van der Waals surface area contributed by atoms with E-state index in [-0.39, 0.29) is 11.8 Å². The molecule has 3 aromatic rings. The van der Waals surface area contributed by atoms with Gasteiger partial charge in [0.05, 0.1) is 21.4 Å². The second kappa shape index (κ2) is 8.45. The van der Waals surface area contributed by atoms with Crippen molar-refractivity contribution in [2.75, 3.05) is 0 Å². The van der Waals surface area contributed by atoms with Gasteiger partial charge in [-0.05, 0) is 36.1 Å². The predicted octanol–water partition coefficient (Wildman–Crippen LogP) is 5.30. The van der Waals surface area contributed by atoms with E-state index in [1.807, 2.05) is 6.92 Å². The normalized spacial score (nSPS) is 12.9.